The van der Waals surface area contributed by atoms with Gasteiger partial charge in [0.1, 0.15) is 5.75 Å². The molecular weight excluding hydrogens is 269 g/mol. The topological polar surface area (TPSA) is 78.8 Å². The minimum Gasteiger partial charge on any atom is -0.748 e. The maximum Gasteiger partial charge on any atom is 1.00 e. The maximum atomic E-state index is 10.3. The Bertz CT molecular complexity index is 456. The molecule has 1 aromatic rings. The zero-order valence-electron chi connectivity index (χ0n) is 9.79. The van der Waals surface area contributed by atoms with E-state index >= 15 is 0 Å². The molecule has 17 heavy (non-hydrogen) atoms. The molecule has 0 saturated carbocycles. The number of nitrogens with zero attached hydrogens (tertiary/aromatic N) is 1. The third-order valence-electron chi connectivity index (χ3n) is 1.83. The van der Waals surface area contributed by atoms with Crippen LogP contribution in [0.2, 0.25) is 0 Å². The number of hydrogen-bond donors (Lipinski definition) is 0. The van der Waals surface area contributed by atoms with Crippen LogP contribution in [0.3, 0.4) is 0 Å². The van der Waals surface area contributed by atoms with Crippen LogP contribution in [-0.2, 0) is 10.1 Å². The molecule has 0 aliphatic rings. The third-order valence-corrected chi connectivity index (χ3v) is 2.51. The van der Waals surface area contributed by atoms with Crippen LogP contribution in [0.25, 0.3) is 0 Å². The number of aliphatic imine (C=N–C) groups is 1. The molecule has 0 radical (unpaired) electrons. The van der Waals surface area contributed by atoms with Gasteiger partial charge in [-0.3, -0.25) is 4.99 Å². The fourth-order valence-corrected chi connectivity index (χ4v) is 1.35. The van der Waals surface area contributed by atoms with E-state index in [2.05, 4.69) is 4.99 Å². The van der Waals surface area contributed by atoms with E-state index in [-0.39, 0.29) is 57.9 Å². The molecule has 7 heteroatoms. The zero-order valence-corrected chi connectivity index (χ0v) is 13.7. The average Bonchev–Trinajstić information content (AvgIpc) is 2.24. The summed E-state index contributed by atoms with van der Waals surface area (Å²) < 4.78 is 35.8. The molecule has 0 aliphatic carbocycles. The SMILES string of the molecule is COc1ccc(C=NCCS(=O)(=O)[O-])cc1.[K+]. The van der Waals surface area contributed by atoms with Gasteiger partial charge < -0.3 is 9.29 Å². The molecule has 0 unspecified atom stereocenters. The minimum absolute atomic E-state index is 0. The van der Waals surface area contributed by atoms with Crippen molar-refractivity contribution in [2.75, 3.05) is 19.4 Å². The van der Waals surface area contributed by atoms with E-state index in [0.717, 1.165) is 11.3 Å². The summed E-state index contributed by atoms with van der Waals surface area (Å²) in [4.78, 5) is 3.84. The molecule has 0 heterocycles. The molecule has 88 valence electrons. The number of methoxy groups -OCH3 is 1. The molecule has 0 atom stereocenters. The van der Waals surface area contributed by atoms with Gasteiger partial charge in [-0.15, -0.1) is 0 Å². The van der Waals surface area contributed by atoms with Crippen LogP contribution in [0.5, 0.6) is 5.75 Å². The maximum absolute atomic E-state index is 10.3. The number of rotatable bonds is 5. The minimum atomic E-state index is -4.17. The molecule has 0 spiro atoms. The van der Waals surface area contributed by atoms with Gasteiger partial charge in [-0.1, -0.05) is 0 Å². The molecule has 0 amide bonds. The third kappa shape index (κ3) is 8.04. The molecule has 0 aliphatic heterocycles. The first-order valence-corrected chi connectivity index (χ1v) is 6.16. The molecule has 0 aromatic heterocycles. The van der Waals surface area contributed by atoms with E-state index in [9.17, 15) is 13.0 Å². The number of benzene rings is 1. The summed E-state index contributed by atoms with van der Waals surface area (Å²) in [5.41, 5.74) is 0.823. The fourth-order valence-electron chi connectivity index (χ4n) is 1.02. The van der Waals surface area contributed by atoms with Crippen molar-refractivity contribution in [3.63, 3.8) is 0 Å². The van der Waals surface area contributed by atoms with Gasteiger partial charge in [0, 0.05) is 6.21 Å². The fraction of sp³-hybridized carbons (Fsp3) is 0.300. The van der Waals surface area contributed by atoms with Gasteiger partial charge in [0.15, 0.2) is 0 Å². The Labute approximate surface area is 143 Å². The summed E-state index contributed by atoms with van der Waals surface area (Å²) in [7, 11) is -2.60. The van der Waals surface area contributed by atoms with Crippen molar-refractivity contribution in [2.24, 2.45) is 4.99 Å². The molecular formula is C10H12KNO4S. The van der Waals surface area contributed by atoms with Crippen molar-refractivity contribution in [1.82, 2.24) is 0 Å². The molecule has 0 bridgehead atoms. The van der Waals surface area contributed by atoms with Gasteiger partial charge in [-0.05, 0) is 29.8 Å². The van der Waals surface area contributed by atoms with Crippen LogP contribution in [-0.4, -0.2) is 38.6 Å². The van der Waals surface area contributed by atoms with Gasteiger partial charge in [0.2, 0.25) is 0 Å². The van der Waals surface area contributed by atoms with Gasteiger partial charge in [0.05, 0.1) is 29.5 Å². The Kier molecular flexibility index (Phi) is 8.47. The van der Waals surface area contributed by atoms with Gasteiger partial charge >= 0.3 is 51.4 Å². The van der Waals surface area contributed by atoms with Crippen molar-refractivity contribution >= 4 is 16.3 Å². The van der Waals surface area contributed by atoms with Crippen LogP contribution in [0.4, 0.5) is 0 Å². The Morgan fingerprint density at radius 2 is 1.94 bits per heavy atom. The Morgan fingerprint density at radius 3 is 2.41 bits per heavy atom. The standard InChI is InChI=1S/C10H13NO4S.K/c1-15-10-4-2-9(3-5-10)8-11-6-7-16(12,13)14;/h2-5,8H,6-7H2,1H3,(H,12,13,14);/q;+1/p-1. The summed E-state index contributed by atoms with van der Waals surface area (Å²) in [6, 6.07) is 7.11. The van der Waals surface area contributed by atoms with Crippen LogP contribution < -0.4 is 56.1 Å². The normalized spacial score (nSPS) is 11.2. The van der Waals surface area contributed by atoms with Crippen molar-refractivity contribution in [3.8, 4) is 5.75 Å². The summed E-state index contributed by atoms with van der Waals surface area (Å²) in [6.45, 7) is -0.0160. The van der Waals surface area contributed by atoms with Crippen molar-refractivity contribution in [1.29, 1.82) is 0 Å². The quantitative estimate of drug-likeness (QED) is 0.344. The molecule has 5 nitrogen and oxygen atoms in total. The zero-order chi connectivity index (χ0) is 12.0. The second-order valence-electron chi connectivity index (χ2n) is 3.07. The van der Waals surface area contributed by atoms with Crippen molar-refractivity contribution in [2.45, 2.75) is 0 Å². The van der Waals surface area contributed by atoms with Crippen molar-refractivity contribution < 1.29 is 69.1 Å². The van der Waals surface area contributed by atoms with Gasteiger partial charge in [0.25, 0.3) is 0 Å². The summed E-state index contributed by atoms with van der Waals surface area (Å²) >= 11 is 0. The smallest absolute Gasteiger partial charge is 0.748 e. The Morgan fingerprint density at radius 1 is 1.35 bits per heavy atom. The van der Waals surface area contributed by atoms with Gasteiger partial charge in [-0.25, -0.2) is 8.42 Å². The van der Waals surface area contributed by atoms with E-state index in [4.69, 9.17) is 4.74 Å². The Balaban J connectivity index is 0.00000256. The molecule has 0 saturated heterocycles. The number of ether oxygens (including phenoxy) is 1. The van der Waals surface area contributed by atoms with E-state index < -0.39 is 15.9 Å². The molecule has 1 rings (SSSR count). The molecule has 0 fully saturated rings. The first-order chi connectivity index (χ1) is 7.51. The predicted molar refractivity (Wildman–Crippen MR) is 60.0 cm³/mol. The van der Waals surface area contributed by atoms with E-state index in [0.29, 0.717) is 0 Å². The largest absolute Gasteiger partial charge is 1.00 e. The van der Waals surface area contributed by atoms with E-state index in [1.54, 1.807) is 31.4 Å². The van der Waals surface area contributed by atoms with E-state index in [1.807, 2.05) is 0 Å². The van der Waals surface area contributed by atoms with Crippen LogP contribution in [0, 0.1) is 0 Å². The molecule has 0 N–H and O–H groups in total. The molecule has 1 aromatic carbocycles. The predicted octanol–water partition coefficient (Wildman–Crippen LogP) is -2.34. The first-order valence-electron chi connectivity index (χ1n) is 4.59. The summed E-state index contributed by atoms with van der Waals surface area (Å²) in [6.07, 6.45) is 1.52. The number of hydrogen-bond acceptors (Lipinski definition) is 5. The van der Waals surface area contributed by atoms with Gasteiger partial charge in [-0.2, -0.15) is 0 Å². The summed E-state index contributed by atoms with van der Waals surface area (Å²) in [5, 5.41) is 0. The summed E-state index contributed by atoms with van der Waals surface area (Å²) in [5.74, 6) is 0.263. The average molecular weight is 281 g/mol. The van der Waals surface area contributed by atoms with Crippen LogP contribution >= 0.6 is 0 Å². The van der Waals surface area contributed by atoms with Crippen molar-refractivity contribution in [3.05, 3.63) is 29.8 Å². The van der Waals surface area contributed by atoms with Crippen LogP contribution in [0.1, 0.15) is 5.56 Å². The van der Waals surface area contributed by atoms with Crippen LogP contribution in [0.15, 0.2) is 29.3 Å². The Hall–Kier alpha value is 0.236. The first kappa shape index (κ1) is 17.2. The second kappa shape index (κ2) is 8.36. The second-order valence-corrected chi connectivity index (χ2v) is 4.59. The van der Waals surface area contributed by atoms with E-state index in [1.165, 1.54) is 6.21 Å². The monoisotopic (exact) mass is 281 g/mol.